The zero-order valence-electron chi connectivity index (χ0n) is 19.4. The molecule has 2 aromatic rings. The van der Waals surface area contributed by atoms with Gasteiger partial charge in [0.05, 0.1) is 17.6 Å². The smallest absolute Gasteiger partial charge is 0.181 e. The van der Waals surface area contributed by atoms with Gasteiger partial charge in [0.2, 0.25) is 0 Å². The van der Waals surface area contributed by atoms with Crippen LogP contribution in [-0.4, -0.2) is 51.6 Å². The maximum absolute atomic E-state index is 12.5. The molecule has 0 bridgehead atoms. The molecule has 3 saturated carbocycles. The number of carbonyl (C=O) groups excluding carboxylic acids is 2. The van der Waals surface area contributed by atoms with E-state index in [1.807, 2.05) is 24.5 Å². The van der Waals surface area contributed by atoms with Crippen LogP contribution in [0.3, 0.4) is 0 Å². The lowest BCUT2D eigenvalue weighted by Crippen LogP contribution is -2.46. The quantitative estimate of drug-likeness (QED) is 0.593. The van der Waals surface area contributed by atoms with Crippen molar-refractivity contribution in [3.8, 4) is 0 Å². The molecule has 4 aliphatic carbocycles. The predicted molar refractivity (Wildman–Crippen MR) is 130 cm³/mol. The number of hydrogen-bond donors (Lipinski definition) is 0. The zero-order valence-corrected chi connectivity index (χ0v) is 19.4. The van der Waals surface area contributed by atoms with Crippen LogP contribution < -0.4 is 4.90 Å². The van der Waals surface area contributed by atoms with Gasteiger partial charge >= 0.3 is 0 Å². The first-order valence-electron chi connectivity index (χ1n) is 12.8. The number of aromatic nitrogens is 2. The third-order valence-electron chi connectivity index (χ3n) is 8.18. The molecule has 0 unspecified atom stereocenters. The van der Waals surface area contributed by atoms with E-state index >= 15 is 0 Å². The largest absolute Gasteiger partial charge is 0.364 e. The summed E-state index contributed by atoms with van der Waals surface area (Å²) in [6.45, 7) is 2.84. The Hall–Kier alpha value is -2.86. The van der Waals surface area contributed by atoms with Gasteiger partial charge in [-0.3, -0.25) is 24.5 Å². The highest BCUT2D eigenvalue weighted by Gasteiger charge is 2.49. The van der Waals surface area contributed by atoms with Gasteiger partial charge < -0.3 is 4.90 Å². The first kappa shape index (κ1) is 20.5. The minimum atomic E-state index is 0.183. The van der Waals surface area contributed by atoms with Crippen LogP contribution in [0.2, 0.25) is 0 Å². The van der Waals surface area contributed by atoms with Crippen LogP contribution in [0, 0.1) is 11.8 Å². The summed E-state index contributed by atoms with van der Waals surface area (Å²) in [5.41, 5.74) is 6.02. The van der Waals surface area contributed by atoms with E-state index in [4.69, 9.17) is 4.98 Å². The van der Waals surface area contributed by atoms with Crippen molar-refractivity contribution < 1.29 is 9.59 Å². The number of ketones is 2. The molecule has 34 heavy (non-hydrogen) atoms. The van der Waals surface area contributed by atoms with Crippen LogP contribution in [0.15, 0.2) is 36.2 Å². The van der Waals surface area contributed by atoms with Crippen molar-refractivity contribution in [3.05, 3.63) is 58.7 Å². The molecule has 0 aromatic carbocycles. The monoisotopic (exact) mass is 454 g/mol. The van der Waals surface area contributed by atoms with Gasteiger partial charge in [-0.05, 0) is 73.3 Å². The summed E-state index contributed by atoms with van der Waals surface area (Å²) in [5, 5.41) is 0. The van der Waals surface area contributed by atoms with E-state index in [1.165, 1.54) is 18.4 Å². The van der Waals surface area contributed by atoms with Crippen molar-refractivity contribution in [2.75, 3.05) is 18.0 Å². The molecule has 6 nitrogen and oxygen atoms in total. The molecule has 2 atom stereocenters. The Morgan fingerprint density at radius 2 is 1.91 bits per heavy atom. The van der Waals surface area contributed by atoms with Crippen LogP contribution in [0.4, 0.5) is 5.69 Å². The molecule has 5 aliphatic rings. The average Bonchev–Trinajstić information content (AvgIpc) is 3.67. The Labute approximate surface area is 200 Å². The third kappa shape index (κ3) is 3.88. The molecule has 0 spiro atoms. The Morgan fingerprint density at radius 1 is 1.03 bits per heavy atom. The van der Waals surface area contributed by atoms with Crippen molar-refractivity contribution in [1.82, 2.24) is 14.9 Å². The molecule has 0 N–H and O–H groups in total. The molecule has 0 amide bonds. The molecular weight excluding hydrogens is 424 g/mol. The van der Waals surface area contributed by atoms with Crippen LogP contribution in [-0.2, 0) is 17.8 Å². The molecule has 1 saturated heterocycles. The number of fused-ring (bicyclic) bond motifs is 2. The number of anilines is 1. The number of pyridine rings is 2. The Balaban J connectivity index is 0.997. The Kier molecular flexibility index (Phi) is 4.73. The molecule has 6 heteroatoms. The lowest BCUT2D eigenvalue weighted by molar-refractivity contribution is -0.115. The van der Waals surface area contributed by atoms with Gasteiger partial charge in [-0.2, -0.15) is 0 Å². The fraction of sp³-hybridized carbons (Fsp3) is 0.500. The first-order chi connectivity index (χ1) is 16.6. The van der Waals surface area contributed by atoms with Gasteiger partial charge in [-0.15, -0.1) is 0 Å². The summed E-state index contributed by atoms with van der Waals surface area (Å²) >= 11 is 0. The lowest BCUT2D eigenvalue weighted by atomic mass is 9.91. The van der Waals surface area contributed by atoms with Gasteiger partial charge in [0.15, 0.2) is 11.6 Å². The van der Waals surface area contributed by atoms with Gasteiger partial charge in [0.1, 0.15) is 5.69 Å². The number of Topliss-reactive ketones (excluding diaryl/α,β-unsaturated/α-hetero) is 2. The first-order valence-corrected chi connectivity index (χ1v) is 12.8. The van der Waals surface area contributed by atoms with Gasteiger partial charge in [0, 0.05) is 56.3 Å². The summed E-state index contributed by atoms with van der Waals surface area (Å²) in [5.74, 6) is 1.55. The fourth-order valence-electron chi connectivity index (χ4n) is 5.80. The summed E-state index contributed by atoms with van der Waals surface area (Å²) in [4.78, 5) is 39.1. The minimum absolute atomic E-state index is 0.183. The zero-order chi connectivity index (χ0) is 22.8. The molecule has 7 rings (SSSR count). The van der Waals surface area contributed by atoms with E-state index in [1.54, 1.807) is 0 Å². The van der Waals surface area contributed by atoms with Gasteiger partial charge in [-0.25, -0.2) is 0 Å². The molecular formula is C28H30N4O2. The van der Waals surface area contributed by atoms with Crippen LogP contribution in [0.25, 0.3) is 6.08 Å². The molecule has 174 valence electrons. The van der Waals surface area contributed by atoms with Crippen molar-refractivity contribution >= 4 is 23.3 Å². The summed E-state index contributed by atoms with van der Waals surface area (Å²) < 4.78 is 0. The van der Waals surface area contributed by atoms with E-state index in [9.17, 15) is 9.59 Å². The molecule has 2 aromatic heterocycles. The Bertz CT molecular complexity index is 1200. The number of allylic oxidation sites excluding steroid dienone is 1. The summed E-state index contributed by atoms with van der Waals surface area (Å²) in [6.07, 6.45) is 12.9. The van der Waals surface area contributed by atoms with Crippen molar-refractivity contribution in [2.45, 2.75) is 63.6 Å². The van der Waals surface area contributed by atoms with Gasteiger partial charge in [-0.1, -0.05) is 6.07 Å². The molecule has 4 fully saturated rings. The third-order valence-corrected chi connectivity index (χ3v) is 8.18. The predicted octanol–water partition coefficient (Wildman–Crippen LogP) is 3.84. The van der Waals surface area contributed by atoms with E-state index in [0.29, 0.717) is 48.2 Å². The maximum atomic E-state index is 12.5. The van der Waals surface area contributed by atoms with E-state index < -0.39 is 0 Å². The van der Waals surface area contributed by atoms with Crippen molar-refractivity contribution in [2.24, 2.45) is 11.8 Å². The van der Waals surface area contributed by atoms with Crippen molar-refractivity contribution in [1.29, 1.82) is 0 Å². The topological polar surface area (TPSA) is 66.4 Å². The Morgan fingerprint density at radius 3 is 2.68 bits per heavy atom. The van der Waals surface area contributed by atoms with Crippen LogP contribution in [0.1, 0.15) is 65.8 Å². The number of piperazine rings is 1. The fourth-order valence-corrected chi connectivity index (χ4v) is 5.80. The highest BCUT2D eigenvalue weighted by molar-refractivity contribution is 6.04. The minimum Gasteiger partial charge on any atom is -0.364 e. The molecule has 1 aliphatic heterocycles. The van der Waals surface area contributed by atoms with Gasteiger partial charge in [0.25, 0.3) is 0 Å². The SMILES string of the molecule is O=C1Cc2cc(CN3CCN(c4ccc(C(=O)CC5CC5)nc4)[C@@H]4C[C@@H]43)cnc2C=C1C1CC1. The molecule has 0 radical (unpaired) electrons. The van der Waals surface area contributed by atoms with E-state index in [-0.39, 0.29) is 5.78 Å². The highest BCUT2D eigenvalue weighted by Crippen LogP contribution is 2.42. The van der Waals surface area contributed by atoms with E-state index in [0.717, 1.165) is 61.4 Å². The number of hydrogen-bond acceptors (Lipinski definition) is 6. The summed E-state index contributed by atoms with van der Waals surface area (Å²) in [6, 6.07) is 7.24. The average molecular weight is 455 g/mol. The second-order valence-electron chi connectivity index (χ2n) is 10.9. The highest BCUT2D eigenvalue weighted by atomic mass is 16.1. The summed E-state index contributed by atoms with van der Waals surface area (Å²) in [7, 11) is 0. The van der Waals surface area contributed by atoms with Crippen LogP contribution >= 0.6 is 0 Å². The molecule has 3 heterocycles. The maximum Gasteiger partial charge on any atom is 0.181 e. The van der Waals surface area contributed by atoms with Crippen LogP contribution in [0.5, 0.6) is 0 Å². The number of carbonyl (C=O) groups is 2. The van der Waals surface area contributed by atoms with Crippen molar-refractivity contribution in [3.63, 3.8) is 0 Å². The lowest BCUT2D eigenvalue weighted by Gasteiger charge is -2.35. The second kappa shape index (κ2) is 7.84. The van der Waals surface area contributed by atoms with E-state index in [2.05, 4.69) is 26.9 Å². The second-order valence-corrected chi connectivity index (χ2v) is 10.9. The normalized spacial score (nSPS) is 26.1. The number of nitrogens with zero attached hydrogens (tertiary/aromatic N) is 4. The number of rotatable bonds is 7. The standard InChI is InChI=1S/C28H30N4O2/c33-27-11-20-9-18(14-29-24(20)12-22(27)19-3-4-19)16-31-7-8-32(26-13-25(26)31)21-5-6-23(30-15-21)28(34)10-17-1-2-17/h5-6,9,12,14-15,17,19,25-26H,1-4,7-8,10-11,13,16H2/t25-,26+/m0/s1.